The average Bonchev–Trinajstić information content (AvgIpc) is 2.77. The third-order valence-corrected chi connectivity index (χ3v) is 6.54. The van der Waals surface area contributed by atoms with Crippen LogP contribution in [0.25, 0.3) is 0 Å². The van der Waals surface area contributed by atoms with Crippen molar-refractivity contribution in [1.29, 1.82) is 0 Å². The molecule has 1 amide bonds. The lowest BCUT2D eigenvalue weighted by atomic mass is 10.1. The molecule has 1 heterocycles. The Morgan fingerprint density at radius 2 is 1.82 bits per heavy atom. The molecule has 10 heteroatoms. The number of morpholine rings is 1. The summed E-state index contributed by atoms with van der Waals surface area (Å²) in [4.78, 5) is 14.6. The molecule has 1 fully saturated rings. The van der Waals surface area contributed by atoms with Crippen LogP contribution in [0.4, 0.5) is 14.5 Å². The number of rotatable bonds is 10. The number of halogens is 2. The van der Waals surface area contributed by atoms with E-state index in [1.54, 1.807) is 0 Å². The minimum Gasteiger partial charge on any atom is -0.379 e. The SMILES string of the molecule is CS(=O)(=O)N(CCCC(=O)NCc1cccc(CN2CCOCC2)c1)c1ccc(F)c(F)c1. The molecule has 0 aromatic heterocycles. The predicted octanol–water partition coefficient (Wildman–Crippen LogP) is 2.66. The van der Waals surface area contributed by atoms with Gasteiger partial charge in [-0.15, -0.1) is 0 Å². The fourth-order valence-corrected chi connectivity index (χ4v) is 4.61. The fourth-order valence-electron chi connectivity index (χ4n) is 3.65. The van der Waals surface area contributed by atoms with Gasteiger partial charge in [0.2, 0.25) is 15.9 Å². The summed E-state index contributed by atoms with van der Waals surface area (Å²) in [5.74, 6) is -2.40. The number of nitrogens with one attached hydrogen (secondary N) is 1. The van der Waals surface area contributed by atoms with Crippen molar-refractivity contribution in [3.8, 4) is 0 Å². The maximum absolute atomic E-state index is 13.5. The van der Waals surface area contributed by atoms with Gasteiger partial charge in [-0.3, -0.25) is 14.0 Å². The Morgan fingerprint density at radius 1 is 1.09 bits per heavy atom. The predicted molar refractivity (Wildman–Crippen MR) is 122 cm³/mol. The number of benzene rings is 2. The third-order valence-electron chi connectivity index (χ3n) is 5.35. The van der Waals surface area contributed by atoms with Crippen molar-refractivity contribution in [2.45, 2.75) is 25.9 Å². The minimum absolute atomic E-state index is 0.0215. The summed E-state index contributed by atoms with van der Waals surface area (Å²) in [5, 5.41) is 2.85. The van der Waals surface area contributed by atoms with Crippen molar-refractivity contribution >= 4 is 21.6 Å². The van der Waals surface area contributed by atoms with E-state index in [0.717, 1.165) is 61.1 Å². The van der Waals surface area contributed by atoms with E-state index in [2.05, 4.69) is 22.3 Å². The maximum Gasteiger partial charge on any atom is 0.232 e. The van der Waals surface area contributed by atoms with Gasteiger partial charge in [-0.1, -0.05) is 24.3 Å². The van der Waals surface area contributed by atoms with Gasteiger partial charge in [-0.25, -0.2) is 17.2 Å². The van der Waals surface area contributed by atoms with Crippen molar-refractivity contribution in [1.82, 2.24) is 10.2 Å². The first-order chi connectivity index (χ1) is 15.7. The lowest BCUT2D eigenvalue weighted by molar-refractivity contribution is -0.121. The number of hydrogen-bond acceptors (Lipinski definition) is 5. The first-order valence-electron chi connectivity index (χ1n) is 10.8. The minimum atomic E-state index is -3.72. The van der Waals surface area contributed by atoms with Crippen LogP contribution in [0.5, 0.6) is 0 Å². The average molecular weight is 482 g/mol. The number of amides is 1. The molecule has 0 saturated carbocycles. The molecule has 0 spiro atoms. The number of hydrogen-bond donors (Lipinski definition) is 1. The van der Waals surface area contributed by atoms with Gasteiger partial charge in [-0.05, 0) is 29.7 Å². The van der Waals surface area contributed by atoms with Crippen molar-refractivity contribution in [2.75, 3.05) is 43.4 Å². The maximum atomic E-state index is 13.5. The van der Waals surface area contributed by atoms with E-state index in [4.69, 9.17) is 4.74 Å². The van der Waals surface area contributed by atoms with Crippen molar-refractivity contribution in [2.24, 2.45) is 0 Å². The summed E-state index contributed by atoms with van der Waals surface area (Å²) in [6, 6.07) is 10.9. The molecule has 1 aliphatic rings. The first-order valence-corrected chi connectivity index (χ1v) is 12.6. The van der Waals surface area contributed by atoms with Crippen LogP contribution in [-0.2, 0) is 32.6 Å². The van der Waals surface area contributed by atoms with Crippen LogP contribution in [0.3, 0.4) is 0 Å². The second-order valence-corrected chi connectivity index (χ2v) is 9.93. The number of carbonyl (C=O) groups is 1. The molecule has 0 radical (unpaired) electrons. The van der Waals surface area contributed by atoms with Crippen molar-refractivity contribution in [3.63, 3.8) is 0 Å². The van der Waals surface area contributed by atoms with Gasteiger partial charge in [0.05, 0.1) is 25.2 Å². The van der Waals surface area contributed by atoms with Crippen LogP contribution < -0.4 is 9.62 Å². The Bertz CT molecular complexity index is 1060. The molecule has 3 rings (SSSR count). The molecule has 0 atom stereocenters. The molecular weight excluding hydrogens is 452 g/mol. The summed E-state index contributed by atoms with van der Waals surface area (Å²) in [6.07, 6.45) is 1.32. The molecule has 0 aliphatic carbocycles. The summed E-state index contributed by atoms with van der Waals surface area (Å²) in [5.41, 5.74) is 2.17. The molecule has 1 aliphatic heterocycles. The second-order valence-electron chi connectivity index (χ2n) is 8.02. The molecular formula is C23H29F2N3O4S. The zero-order valence-electron chi connectivity index (χ0n) is 18.6. The van der Waals surface area contributed by atoms with Gasteiger partial charge in [0, 0.05) is 45.2 Å². The molecule has 0 unspecified atom stereocenters. The van der Waals surface area contributed by atoms with Crippen molar-refractivity contribution < 1.29 is 26.7 Å². The van der Waals surface area contributed by atoms with Gasteiger partial charge in [0.1, 0.15) is 0 Å². The topological polar surface area (TPSA) is 79.0 Å². The molecule has 7 nitrogen and oxygen atoms in total. The molecule has 2 aromatic carbocycles. The number of ether oxygens (including phenoxy) is 1. The third kappa shape index (κ3) is 7.76. The van der Waals surface area contributed by atoms with Crippen LogP contribution in [0.15, 0.2) is 42.5 Å². The molecule has 2 aromatic rings. The standard InChI is InChI=1S/C23H29F2N3O4S/c1-33(30,31)28(20-7-8-21(24)22(25)15-20)9-3-6-23(29)26-16-18-4-2-5-19(14-18)17-27-10-12-32-13-11-27/h2,4-5,7-8,14-15H,3,6,9-13,16-17H2,1H3,(H,26,29). The normalized spacial score (nSPS) is 14.8. The first kappa shape index (κ1) is 25.1. The Hall–Kier alpha value is -2.56. The van der Waals surface area contributed by atoms with Crippen LogP contribution in [0.2, 0.25) is 0 Å². The molecule has 0 bridgehead atoms. The Labute approximate surface area is 193 Å². The second kappa shape index (κ2) is 11.5. The van der Waals surface area contributed by atoms with Gasteiger partial charge >= 0.3 is 0 Å². The Kier molecular flexibility index (Phi) is 8.76. The van der Waals surface area contributed by atoms with Gasteiger partial charge in [-0.2, -0.15) is 0 Å². The summed E-state index contributed by atoms with van der Waals surface area (Å²) < 4.78 is 57.2. The molecule has 1 N–H and O–H groups in total. The molecule has 1 saturated heterocycles. The van der Waals surface area contributed by atoms with E-state index >= 15 is 0 Å². The smallest absolute Gasteiger partial charge is 0.232 e. The Balaban J connectivity index is 1.48. The van der Waals surface area contributed by atoms with Crippen LogP contribution in [-0.4, -0.2) is 58.3 Å². The molecule has 180 valence electrons. The lowest BCUT2D eigenvalue weighted by Gasteiger charge is -2.26. The van der Waals surface area contributed by atoms with Crippen LogP contribution in [0.1, 0.15) is 24.0 Å². The van der Waals surface area contributed by atoms with Crippen molar-refractivity contribution in [3.05, 3.63) is 65.2 Å². The van der Waals surface area contributed by atoms with Gasteiger partial charge in [0.25, 0.3) is 0 Å². The van der Waals surface area contributed by atoms with Crippen LogP contribution >= 0.6 is 0 Å². The summed E-state index contributed by atoms with van der Waals surface area (Å²) in [7, 11) is -3.72. The van der Waals surface area contributed by atoms with E-state index < -0.39 is 21.7 Å². The van der Waals surface area contributed by atoms with E-state index in [1.165, 1.54) is 11.6 Å². The lowest BCUT2D eigenvalue weighted by Crippen LogP contribution is -2.35. The summed E-state index contributed by atoms with van der Waals surface area (Å²) >= 11 is 0. The zero-order chi connectivity index (χ0) is 23.8. The quantitative estimate of drug-likeness (QED) is 0.565. The number of nitrogens with zero attached hydrogens (tertiary/aromatic N) is 2. The van der Waals surface area contributed by atoms with Gasteiger partial charge in [0.15, 0.2) is 11.6 Å². The van der Waals surface area contributed by atoms with E-state index in [1.807, 2.05) is 12.1 Å². The van der Waals surface area contributed by atoms with Gasteiger partial charge < -0.3 is 10.1 Å². The van der Waals surface area contributed by atoms with E-state index in [0.29, 0.717) is 6.54 Å². The highest BCUT2D eigenvalue weighted by Gasteiger charge is 2.19. The van der Waals surface area contributed by atoms with E-state index in [9.17, 15) is 22.0 Å². The highest BCUT2D eigenvalue weighted by molar-refractivity contribution is 7.92. The Morgan fingerprint density at radius 3 is 2.52 bits per heavy atom. The zero-order valence-corrected chi connectivity index (χ0v) is 19.4. The van der Waals surface area contributed by atoms with E-state index in [-0.39, 0.29) is 31.0 Å². The number of anilines is 1. The molecule has 33 heavy (non-hydrogen) atoms. The highest BCUT2D eigenvalue weighted by atomic mass is 32.2. The highest BCUT2D eigenvalue weighted by Crippen LogP contribution is 2.21. The number of sulfonamides is 1. The van der Waals surface area contributed by atoms with Crippen LogP contribution in [0, 0.1) is 11.6 Å². The fraction of sp³-hybridized carbons (Fsp3) is 0.435. The monoisotopic (exact) mass is 481 g/mol. The number of carbonyl (C=O) groups excluding carboxylic acids is 1. The summed E-state index contributed by atoms with van der Waals surface area (Å²) in [6.45, 7) is 4.45. The largest absolute Gasteiger partial charge is 0.379 e.